The summed E-state index contributed by atoms with van der Waals surface area (Å²) in [6, 6.07) is 22.0. The maximum atomic E-state index is 13.2. The summed E-state index contributed by atoms with van der Waals surface area (Å²) in [7, 11) is 0. The van der Waals surface area contributed by atoms with E-state index >= 15 is 0 Å². The Morgan fingerprint density at radius 1 is 0.962 bits per heavy atom. The third-order valence-electron chi connectivity index (χ3n) is 4.46. The lowest BCUT2D eigenvalue weighted by Crippen LogP contribution is -2.42. The number of para-hydroxylation sites is 1. The third kappa shape index (κ3) is 3.74. The summed E-state index contributed by atoms with van der Waals surface area (Å²) < 4.78 is 5.39. The highest BCUT2D eigenvalue weighted by molar-refractivity contribution is 8.00. The zero-order chi connectivity index (χ0) is 17.8. The van der Waals surface area contributed by atoms with Crippen molar-refractivity contribution in [1.82, 2.24) is 9.88 Å². The van der Waals surface area contributed by atoms with Gasteiger partial charge < -0.3 is 9.64 Å². The number of amides is 1. The molecule has 26 heavy (non-hydrogen) atoms. The Balaban J connectivity index is 1.64. The van der Waals surface area contributed by atoms with Gasteiger partial charge in [-0.2, -0.15) is 0 Å². The quantitative estimate of drug-likeness (QED) is 0.658. The van der Waals surface area contributed by atoms with E-state index in [1.165, 1.54) is 11.8 Å². The number of hydrogen-bond acceptors (Lipinski definition) is 4. The van der Waals surface area contributed by atoms with Gasteiger partial charge >= 0.3 is 0 Å². The fraction of sp³-hybridized carbons (Fsp3) is 0.238. The fourth-order valence-electron chi connectivity index (χ4n) is 3.07. The SMILES string of the molecule is O=C([C@H](Sc1ccc2ccccc2n1)c1ccccc1)N1CCOCC1. The standard InChI is InChI=1S/C21H20N2O2S/c24-21(23-12-14-25-15-13-23)20(17-7-2-1-3-8-17)26-19-11-10-16-6-4-5-9-18(16)22-19/h1-11,20H,12-15H2/t20-/m1/s1. The summed E-state index contributed by atoms with van der Waals surface area (Å²) in [5, 5.41) is 1.66. The van der Waals surface area contributed by atoms with Gasteiger partial charge in [0.2, 0.25) is 5.91 Å². The van der Waals surface area contributed by atoms with E-state index in [0.29, 0.717) is 26.3 Å². The third-order valence-corrected chi connectivity index (χ3v) is 5.64. The molecule has 5 heteroatoms. The Morgan fingerprint density at radius 2 is 1.69 bits per heavy atom. The van der Waals surface area contributed by atoms with Gasteiger partial charge in [0.25, 0.3) is 0 Å². The van der Waals surface area contributed by atoms with Crippen LogP contribution in [0.4, 0.5) is 0 Å². The minimum absolute atomic E-state index is 0.124. The van der Waals surface area contributed by atoms with Gasteiger partial charge in [-0.25, -0.2) is 4.98 Å². The second-order valence-electron chi connectivity index (χ2n) is 6.19. The lowest BCUT2D eigenvalue weighted by Gasteiger charge is -2.30. The van der Waals surface area contributed by atoms with Crippen LogP contribution >= 0.6 is 11.8 Å². The van der Waals surface area contributed by atoms with Crippen LogP contribution in [0.2, 0.25) is 0 Å². The van der Waals surface area contributed by atoms with E-state index in [1.807, 2.05) is 65.6 Å². The molecule has 0 bridgehead atoms. The predicted octanol–water partition coefficient (Wildman–Crippen LogP) is 3.93. The number of thioether (sulfide) groups is 1. The van der Waals surface area contributed by atoms with Crippen molar-refractivity contribution in [1.29, 1.82) is 0 Å². The second-order valence-corrected chi connectivity index (χ2v) is 7.31. The molecule has 1 amide bonds. The molecule has 0 radical (unpaired) electrons. The Bertz CT molecular complexity index is 895. The van der Waals surface area contributed by atoms with E-state index in [-0.39, 0.29) is 11.2 Å². The van der Waals surface area contributed by atoms with Gasteiger partial charge in [0, 0.05) is 18.5 Å². The summed E-state index contributed by atoms with van der Waals surface area (Å²) in [5.74, 6) is 0.124. The molecule has 1 aromatic heterocycles. The van der Waals surface area contributed by atoms with E-state index in [1.54, 1.807) is 0 Å². The number of benzene rings is 2. The highest BCUT2D eigenvalue weighted by Gasteiger charge is 2.28. The van der Waals surface area contributed by atoms with Crippen LogP contribution in [0, 0.1) is 0 Å². The normalized spacial score (nSPS) is 15.8. The summed E-state index contributed by atoms with van der Waals surface area (Å²) in [6.45, 7) is 2.50. The molecule has 0 unspecified atom stereocenters. The number of ether oxygens (including phenoxy) is 1. The van der Waals surface area contributed by atoms with Crippen molar-refractivity contribution >= 4 is 28.6 Å². The number of carbonyl (C=O) groups excluding carboxylic acids is 1. The number of rotatable bonds is 4. The molecule has 0 aliphatic carbocycles. The largest absolute Gasteiger partial charge is 0.378 e. The van der Waals surface area contributed by atoms with Crippen molar-refractivity contribution < 1.29 is 9.53 Å². The lowest BCUT2D eigenvalue weighted by atomic mass is 10.1. The van der Waals surface area contributed by atoms with Gasteiger partial charge in [-0.15, -0.1) is 0 Å². The number of aromatic nitrogens is 1. The van der Waals surface area contributed by atoms with Crippen LogP contribution in [0.5, 0.6) is 0 Å². The summed E-state index contributed by atoms with van der Waals surface area (Å²) >= 11 is 1.52. The molecule has 2 aromatic carbocycles. The molecule has 1 atom stereocenters. The molecule has 132 valence electrons. The van der Waals surface area contributed by atoms with Gasteiger partial charge in [-0.05, 0) is 17.7 Å². The highest BCUT2D eigenvalue weighted by Crippen LogP contribution is 2.36. The summed E-state index contributed by atoms with van der Waals surface area (Å²) in [4.78, 5) is 19.8. The van der Waals surface area contributed by atoms with E-state index in [2.05, 4.69) is 6.07 Å². The van der Waals surface area contributed by atoms with Crippen LogP contribution < -0.4 is 0 Å². The fourth-order valence-corrected chi connectivity index (χ4v) is 4.15. The monoisotopic (exact) mass is 364 g/mol. The Hall–Kier alpha value is -2.37. The average Bonchev–Trinajstić information content (AvgIpc) is 2.73. The number of nitrogens with zero attached hydrogens (tertiary/aromatic N) is 2. The van der Waals surface area contributed by atoms with Crippen molar-refractivity contribution in [3.63, 3.8) is 0 Å². The molecule has 2 heterocycles. The van der Waals surface area contributed by atoms with E-state index in [0.717, 1.165) is 21.5 Å². The first kappa shape index (κ1) is 17.1. The van der Waals surface area contributed by atoms with Gasteiger partial charge in [0.1, 0.15) is 5.25 Å². The van der Waals surface area contributed by atoms with Gasteiger partial charge in [-0.3, -0.25) is 4.79 Å². The summed E-state index contributed by atoms with van der Waals surface area (Å²) in [6.07, 6.45) is 0. The molecule has 1 aliphatic heterocycles. The van der Waals surface area contributed by atoms with Crippen LogP contribution in [0.15, 0.2) is 71.8 Å². The topological polar surface area (TPSA) is 42.4 Å². The van der Waals surface area contributed by atoms with Gasteiger partial charge in [-0.1, -0.05) is 66.4 Å². The van der Waals surface area contributed by atoms with E-state index in [4.69, 9.17) is 9.72 Å². The number of hydrogen-bond donors (Lipinski definition) is 0. The molecular weight excluding hydrogens is 344 g/mol. The molecule has 0 spiro atoms. The van der Waals surface area contributed by atoms with Crippen molar-refractivity contribution in [2.24, 2.45) is 0 Å². The molecule has 4 nitrogen and oxygen atoms in total. The molecular formula is C21H20N2O2S. The summed E-state index contributed by atoms with van der Waals surface area (Å²) in [5.41, 5.74) is 1.95. The molecule has 0 saturated carbocycles. The van der Waals surface area contributed by atoms with Crippen LogP contribution in [0.25, 0.3) is 10.9 Å². The number of carbonyl (C=O) groups is 1. The molecule has 3 aromatic rings. The Morgan fingerprint density at radius 3 is 2.50 bits per heavy atom. The van der Waals surface area contributed by atoms with Gasteiger partial charge in [0.15, 0.2) is 0 Å². The van der Waals surface area contributed by atoms with Crippen molar-refractivity contribution in [2.45, 2.75) is 10.3 Å². The van der Waals surface area contributed by atoms with Crippen LogP contribution in [0.1, 0.15) is 10.8 Å². The molecule has 0 N–H and O–H groups in total. The first-order valence-electron chi connectivity index (χ1n) is 8.75. The zero-order valence-electron chi connectivity index (χ0n) is 14.4. The van der Waals surface area contributed by atoms with Crippen molar-refractivity contribution in [2.75, 3.05) is 26.3 Å². The van der Waals surface area contributed by atoms with Crippen LogP contribution in [-0.2, 0) is 9.53 Å². The average molecular weight is 364 g/mol. The maximum Gasteiger partial charge on any atom is 0.240 e. The first-order valence-corrected chi connectivity index (χ1v) is 9.63. The molecule has 1 saturated heterocycles. The van der Waals surface area contributed by atoms with E-state index in [9.17, 15) is 4.79 Å². The Kier molecular flexibility index (Phi) is 5.18. The highest BCUT2D eigenvalue weighted by atomic mass is 32.2. The smallest absolute Gasteiger partial charge is 0.240 e. The predicted molar refractivity (Wildman–Crippen MR) is 104 cm³/mol. The van der Waals surface area contributed by atoms with Gasteiger partial charge in [0.05, 0.1) is 23.8 Å². The van der Waals surface area contributed by atoms with Crippen LogP contribution in [-0.4, -0.2) is 42.1 Å². The lowest BCUT2D eigenvalue weighted by molar-refractivity contribution is -0.134. The zero-order valence-corrected chi connectivity index (χ0v) is 15.2. The number of pyridine rings is 1. The van der Waals surface area contributed by atoms with Crippen molar-refractivity contribution in [3.8, 4) is 0 Å². The Labute approximate surface area is 157 Å². The number of morpholine rings is 1. The second kappa shape index (κ2) is 7.89. The maximum absolute atomic E-state index is 13.2. The molecule has 1 fully saturated rings. The molecule has 4 rings (SSSR count). The minimum atomic E-state index is -0.303. The van der Waals surface area contributed by atoms with Crippen LogP contribution in [0.3, 0.4) is 0 Å². The minimum Gasteiger partial charge on any atom is -0.378 e. The first-order chi connectivity index (χ1) is 12.8. The van der Waals surface area contributed by atoms with E-state index < -0.39 is 0 Å². The molecule has 1 aliphatic rings. The van der Waals surface area contributed by atoms with Crippen molar-refractivity contribution in [3.05, 3.63) is 72.3 Å². The number of fused-ring (bicyclic) bond motifs is 1.